The number of hydrogen-bond acceptors (Lipinski definition) is 4. The molecule has 2 aromatic heterocycles. The Kier molecular flexibility index (Phi) is 10.5. The van der Waals surface area contributed by atoms with E-state index < -0.39 is 0 Å². The zero-order valence-electron chi connectivity index (χ0n) is 12.5. The molecule has 23 heavy (non-hydrogen) atoms. The maximum Gasteiger partial charge on any atom is 0.129 e. The van der Waals surface area contributed by atoms with E-state index in [2.05, 4.69) is 25.8 Å². The van der Waals surface area contributed by atoms with Crippen LogP contribution in [0.15, 0.2) is 42.7 Å². The topological polar surface area (TPSA) is 32.3 Å². The molecule has 0 spiro atoms. The first-order valence-electron chi connectivity index (χ1n) is 6.80. The molecule has 0 aliphatic carbocycles. The fourth-order valence-corrected chi connectivity index (χ4v) is 2.55. The Bertz CT molecular complexity index is 545. The van der Waals surface area contributed by atoms with Gasteiger partial charge in [-0.15, -0.1) is 37.2 Å². The lowest BCUT2D eigenvalue weighted by Gasteiger charge is -2.35. The van der Waals surface area contributed by atoms with Gasteiger partial charge in [0, 0.05) is 45.1 Å². The number of rotatable bonds is 3. The summed E-state index contributed by atoms with van der Waals surface area (Å²) in [6, 6.07) is 9.95. The molecule has 0 unspecified atom stereocenters. The van der Waals surface area contributed by atoms with Crippen LogP contribution in [0.2, 0.25) is 5.15 Å². The third-order valence-electron chi connectivity index (χ3n) is 3.54. The molecule has 1 fully saturated rings. The predicted molar refractivity (Wildman–Crippen MR) is 103 cm³/mol. The fourth-order valence-electron chi connectivity index (χ4n) is 2.43. The van der Waals surface area contributed by atoms with Crippen molar-refractivity contribution < 1.29 is 0 Å². The van der Waals surface area contributed by atoms with Crippen molar-refractivity contribution in [1.29, 1.82) is 0 Å². The summed E-state index contributed by atoms with van der Waals surface area (Å²) in [6.45, 7) is 5.04. The van der Waals surface area contributed by atoms with Crippen molar-refractivity contribution in [3.8, 4) is 0 Å². The molecule has 128 valence electrons. The van der Waals surface area contributed by atoms with E-state index >= 15 is 0 Å². The van der Waals surface area contributed by atoms with Crippen LogP contribution < -0.4 is 4.90 Å². The minimum absolute atomic E-state index is 0. The summed E-state index contributed by atoms with van der Waals surface area (Å²) in [4.78, 5) is 13.3. The van der Waals surface area contributed by atoms with Crippen LogP contribution in [0.4, 0.5) is 5.82 Å². The Balaban J connectivity index is 0.00000161. The average Bonchev–Trinajstić information content (AvgIpc) is 2.51. The van der Waals surface area contributed by atoms with Gasteiger partial charge in [-0.05, 0) is 23.8 Å². The summed E-state index contributed by atoms with van der Waals surface area (Å²) in [5.41, 5.74) is 1.21. The number of piperazine rings is 1. The van der Waals surface area contributed by atoms with E-state index in [1.54, 1.807) is 0 Å². The summed E-state index contributed by atoms with van der Waals surface area (Å²) in [6.07, 6.45) is 3.70. The normalized spacial score (nSPS) is 14.2. The van der Waals surface area contributed by atoms with Gasteiger partial charge in [-0.3, -0.25) is 4.90 Å². The second kappa shape index (κ2) is 10.9. The van der Waals surface area contributed by atoms with E-state index in [0.717, 1.165) is 38.5 Å². The molecule has 0 atom stereocenters. The number of nitrogens with zero attached hydrogens (tertiary/aromatic N) is 4. The van der Waals surface area contributed by atoms with Gasteiger partial charge >= 0.3 is 0 Å². The first kappa shape index (κ1) is 22.2. The van der Waals surface area contributed by atoms with Crippen LogP contribution in [0.5, 0.6) is 0 Å². The smallest absolute Gasteiger partial charge is 0.129 e. The number of hydrogen-bond donors (Lipinski definition) is 0. The Morgan fingerprint density at radius 2 is 1.65 bits per heavy atom. The number of pyridine rings is 2. The lowest BCUT2D eigenvalue weighted by Crippen LogP contribution is -2.46. The zero-order valence-corrected chi connectivity index (χ0v) is 15.7. The van der Waals surface area contributed by atoms with E-state index in [1.165, 1.54) is 5.56 Å². The predicted octanol–water partition coefficient (Wildman–Crippen LogP) is 3.72. The summed E-state index contributed by atoms with van der Waals surface area (Å²) < 4.78 is 0. The van der Waals surface area contributed by atoms with Crippen LogP contribution in [-0.2, 0) is 6.54 Å². The standard InChI is InChI=1S/C15H17ClN4.3ClH/c16-14-5-4-13(11-18-14)12-19-7-9-20(10-8-19)15-3-1-2-6-17-15;;;/h1-6,11H,7-10,12H2;3*1H. The molecule has 3 rings (SSSR count). The molecule has 1 aliphatic rings. The summed E-state index contributed by atoms with van der Waals surface area (Å²) in [5, 5.41) is 0.550. The van der Waals surface area contributed by atoms with Gasteiger partial charge in [0.05, 0.1) is 0 Å². The fraction of sp³-hybridized carbons (Fsp3) is 0.333. The van der Waals surface area contributed by atoms with E-state index in [1.807, 2.05) is 36.7 Å². The SMILES string of the molecule is Cl.Cl.Cl.Clc1ccc(CN2CCN(c3ccccn3)CC2)cn1. The Labute approximate surface area is 160 Å². The molecule has 8 heteroatoms. The van der Waals surface area contributed by atoms with Crippen molar-refractivity contribution in [2.24, 2.45) is 0 Å². The highest BCUT2D eigenvalue weighted by Gasteiger charge is 2.17. The summed E-state index contributed by atoms with van der Waals surface area (Å²) in [7, 11) is 0. The van der Waals surface area contributed by atoms with Gasteiger partial charge in [0.1, 0.15) is 11.0 Å². The van der Waals surface area contributed by atoms with Crippen molar-refractivity contribution in [1.82, 2.24) is 14.9 Å². The number of aromatic nitrogens is 2. The minimum Gasteiger partial charge on any atom is -0.354 e. The monoisotopic (exact) mass is 396 g/mol. The van der Waals surface area contributed by atoms with Crippen LogP contribution in [0.25, 0.3) is 0 Å². The quantitative estimate of drug-likeness (QED) is 0.738. The second-order valence-corrected chi connectivity index (χ2v) is 5.33. The maximum absolute atomic E-state index is 5.80. The Morgan fingerprint density at radius 1 is 0.913 bits per heavy atom. The third kappa shape index (κ3) is 6.32. The van der Waals surface area contributed by atoms with Gasteiger partial charge in [0.2, 0.25) is 0 Å². The van der Waals surface area contributed by atoms with Crippen LogP contribution in [-0.4, -0.2) is 41.0 Å². The highest BCUT2D eigenvalue weighted by atomic mass is 35.5. The van der Waals surface area contributed by atoms with E-state index in [4.69, 9.17) is 11.6 Å². The van der Waals surface area contributed by atoms with Crippen LogP contribution in [0, 0.1) is 0 Å². The van der Waals surface area contributed by atoms with Crippen molar-refractivity contribution in [3.05, 3.63) is 53.4 Å². The van der Waals surface area contributed by atoms with Crippen molar-refractivity contribution in [2.75, 3.05) is 31.1 Å². The molecule has 0 amide bonds. The molecule has 3 heterocycles. The number of anilines is 1. The zero-order chi connectivity index (χ0) is 13.8. The largest absolute Gasteiger partial charge is 0.354 e. The van der Waals surface area contributed by atoms with Gasteiger partial charge in [-0.2, -0.15) is 0 Å². The summed E-state index contributed by atoms with van der Waals surface area (Å²) >= 11 is 5.80. The first-order chi connectivity index (χ1) is 9.81. The van der Waals surface area contributed by atoms with Crippen LogP contribution >= 0.6 is 48.8 Å². The van der Waals surface area contributed by atoms with Crippen molar-refractivity contribution in [3.63, 3.8) is 0 Å². The average molecular weight is 398 g/mol. The van der Waals surface area contributed by atoms with Crippen LogP contribution in [0.3, 0.4) is 0 Å². The molecular formula is C15H20Cl4N4. The highest BCUT2D eigenvalue weighted by molar-refractivity contribution is 6.29. The molecule has 2 aromatic rings. The molecule has 0 aromatic carbocycles. The van der Waals surface area contributed by atoms with Gasteiger partial charge in [-0.25, -0.2) is 9.97 Å². The molecule has 0 radical (unpaired) electrons. The van der Waals surface area contributed by atoms with E-state index in [0.29, 0.717) is 5.15 Å². The Hall–Kier alpha value is -0.780. The van der Waals surface area contributed by atoms with Crippen molar-refractivity contribution >= 4 is 54.6 Å². The van der Waals surface area contributed by atoms with Crippen molar-refractivity contribution in [2.45, 2.75) is 6.54 Å². The molecular weight excluding hydrogens is 378 g/mol. The van der Waals surface area contributed by atoms with Gasteiger partial charge < -0.3 is 4.90 Å². The molecule has 1 aliphatic heterocycles. The molecule has 0 bridgehead atoms. The van der Waals surface area contributed by atoms with Gasteiger partial charge in [0.25, 0.3) is 0 Å². The van der Waals surface area contributed by atoms with Gasteiger partial charge in [-0.1, -0.05) is 23.7 Å². The highest BCUT2D eigenvalue weighted by Crippen LogP contribution is 2.14. The van der Waals surface area contributed by atoms with Gasteiger partial charge in [0.15, 0.2) is 0 Å². The third-order valence-corrected chi connectivity index (χ3v) is 3.76. The lowest BCUT2D eigenvalue weighted by molar-refractivity contribution is 0.249. The summed E-state index contributed by atoms with van der Waals surface area (Å²) in [5.74, 6) is 1.07. The first-order valence-corrected chi connectivity index (χ1v) is 7.18. The van der Waals surface area contributed by atoms with E-state index in [-0.39, 0.29) is 37.2 Å². The molecule has 0 saturated carbocycles. The van der Waals surface area contributed by atoms with E-state index in [9.17, 15) is 0 Å². The lowest BCUT2D eigenvalue weighted by atomic mass is 10.2. The maximum atomic E-state index is 5.80. The minimum atomic E-state index is 0. The molecule has 1 saturated heterocycles. The molecule has 4 nitrogen and oxygen atoms in total. The Morgan fingerprint density at radius 3 is 2.22 bits per heavy atom. The number of halogens is 4. The second-order valence-electron chi connectivity index (χ2n) is 4.94. The molecule has 0 N–H and O–H groups in total. The van der Waals surface area contributed by atoms with Crippen LogP contribution in [0.1, 0.15) is 5.56 Å².